The van der Waals surface area contributed by atoms with Crippen molar-refractivity contribution >= 4 is 29.3 Å². The molecule has 6 heteroatoms. The first kappa shape index (κ1) is 15.3. The van der Waals surface area contributed by atoms with Crippen molar-refractivity contribution in [3.05, 3.63) is 28.8 Å². The first-order chi connectivity index (χ1) is 8.99. The van der Waals surface area contributed by atoms with Crippen LogP contribution in [0.2, 0.25) is 5.02 Å². The minimum absolute atomic E-state index is 0.0296. The molecule has 5 nitrogen and oxygen atoms in total. The van der Waals surface area contributed by atoms with Crippen LogP contribution >= 0.6 is 11.6 Å². The van der Waals surface area contributed by atoms with Gasteiger partial charge in [0.25, 0.3) is 0 Å². The van der Waals surface area contributed by atoms with Crippen molar-refractivity contribution in [3.63, 3.8) is 0 Å². The van der Waals surface area contributed by atoms with Crippen molar-refractivity contribution in [1.82, 2.24) is 4.90 Å². The Morgan fingerprint density at radius 2 is 2.05 bits per heavy atom. The van der Waals surface area contributed by atoms with E-state index in [0.717, 1.165) is 6.42 Å². The Morgan fingerprint density at radius 1 is 1.37 bits per heavy atom. The number of carboxylic acids is 1. The Balaban J connectivity index is 2.85. The number of hydrogen-bond acceptors (Lipinski definition) is 2. The maximum absolute atomic E-state index is 11.9. The van der Waals surface area contributed by atoms with E-state index in [4.69, 9.17) is 16.7 Å². The third-order valence-corrected chi connectivity index (χ3v) is 2.94. The second-order valence-corrected chi connectivity index (χ2v) is 4.42. The molecule has 0 aliphatic carbocycles. The van der Waals surface area contributed by atoms with Crippen molar-refractivity contribution in [2.24, 2.45) is 0 Å². The van der Waals surface area contributed by atoms with Crippen LogP contribution < -0.4 is 5.32 Å². The molecule has 0 aliphatic heterocycles. The van der Waals surface area contributed by atoms with Gasteiger partial charge >= 0.3 is 12.0 Å². The van der Waals surface area contributed by atoms with Crippen LogP contribution in [0.25, 0.3) is 0 Å². The highest BCUT2D eigenvalue weighted by molar-refractivity contribution is 6.33. The van der Waals surface area contributed by atoms with Gasteiger partial charge in [0.1, 0.15) is 0 Å². The van der Waals surface area contributed by atoms with E-state index in [9.17, 15) is 9.59 Å². The molecule has 19 heavy (non-hydrogen) atoms. The zero-order chi connectivity index (χ0) is 14.4. The topological polar surface area (TPSA) is 69.6 Å². The molecule has 0 bridgehead atoms. The lowest BCUT2D eigenvalue weighted by Gasteiger charge is -2.20. The van der Waals surface area contributed by atoms with Gasteiger partial charge in [-0.1, -0.05) is 18.5 Å². The normalized spacial score (nSPS) is 10.1. The summed E-state index contributed by atoms with van der Waals surface area (Å²) in [6.07, 6.45) is 0.863. The number of rotatable bonds is 5. The molecule has 1 rings (SSSR count). The third kappa shape index (κ3) is 4.13. The van der Waals surface area contributed by atoms with Gasteiger partial charge in [-0.3, -0.25) is 0 Å². The second kappa shape index (κ2) is 6.99. The van der Waals surface area contributed by atoms with E-state index in [2.05, 4.69) is 5.32 Å². The SMILES string of the molecule is CCCN(CC)C(=O)Nc1ccc(Cl)c(C(=O)O)c1. The summed E-state index contributed by atoms with van der Waals surface area (Å²) >= 11 is 5.76. The molecule has 0 fully saturated rings. The summed E-state index contributed by atoms with van der Waals surface area (Å²) in [7, 11) is 0. The summed E-state index contributed by atoms with van der Waals surface area (Å²) in [4.78, 5) is 24.5. The average Bonchev–Trinajstić information content (AvgIpc) is 2.37. The largest absolute Gasteiger partial charge is 0.478 e. The number of aromatic carboxylic acids is 1. The number of hydrogen-bond donors (Lipinski definition) is 2. The smallest absolute Gasteiger partial charge is 0.337 e. The molecular weight excluding hydrogens is 268 g/mol. The molecule has 1 aromatic rings. The predicted octanol–water partition coefficient (Wildman–Crippen LogP) is 3.30. The van der Waals surface area contributed by atoms with Crippen LogP contribution in [-0.2, 0) is 0 Å². The molecule has 0 radical (unpaired) electrons. The number of halogens is 1. The van der Waals surface area contributed by atoms with Crippen molar-refractivity contribution < 1.29 is 14.7 Å². The van der Waals surface area contributed by atoms with Crippen LogP contribution in [0.4, 0.5) is 10.5 Å². The zero-order valence-corrected chi connectivity index (χ0v) is 11.7. The van der Waals surface area contributed by atoms with E-state index < -0.39 is 5.97 Å². The minimum Gasteiger partial charge on any atom is -0.478 e. The fourth-order valence-electron chi connectivity index (χ4n) is 1.64. The molecule has 0 aromatic heterocycles. The molecule has 0 heterocycles. The second-order valence-electron chi connectivity index (χ2n) is 4.01. The van der Waals surface area contributed by atoms with Crippen molar-refractivity contribution in [3.8, 4) is 0 Å². The Labute approximate surface area is 117 Å². The van der Waals surface area contributed by atoms with Gasteiger partial charge in [-0.05, 0) is 31.5 Å². The molecule has 0 unspecified atom stereocenters. The van der Waals surface area contributed by atoms with Gasteiger partial charge in [0.05, 0.1) is 10.6 Å². The molecule has 0 atom stereocenters. The van der Waals surface area contributed by atoms with Crippen molar-refractivity contribution in [2.75, 3.05) is 18.4 Å². The molecule has 0 saturated carbocycles. The first-order valence-corrected chi connectivity index (χ1v) is 6.46. The molecular formula is C13H17ClN2O3. The minimum atomic E-state index is -1.12. The van der Waals surface area contributed by atoms with Gasteiger partial charge in [-0.15, -0.1) is 0 Å². The van der Waals surface area contributed by atoms with Crippen LogP contribution in [0.1, 0.15) is 30.6 Å². The van der Waals surface area contributed by atoms with Crippen molar-refractivity contribution in [2.45, 2.75) is 20.3 Å². The fourth-order valence-corrected chi connectivity index (χ4v) is 1.84. The van der Waals surface area contributed by atoms with E-state index in [0.29, 0.717) is 18.8 Å². The highest BCUT2D eigenvalue weighted by atomic mass is 35.5. The maximum atomic E-state index is 11.9. The van der Waals surface area contributed by atoms with E-state index in [1.807, 2.05) is 13.8 Å². The predicted molar refractivity (Wildman–Crippen MR) is 75.0 cm³/mol. The van der Waals surface area contributed by atoms with Gasteiger partial charge < -0.3 is 15.3 Å². The van der Waals surface area contributed by atoms with Crippen LogP contribution in [0.3, 0.4) is 0 Å². The first-order valence-electron chi connectivity index (χ1n) is 6.08. The van der Waals surface area contributed by atoms with Crippen LogP contribution in [0, 0.1) is 0 Å². The summed E-state index contributed by atoms with van der Waals surface area (Å²) in [6.45, 7) is 5.13. The monoisotopic (exact) mass is 284 g/mol. The summed E-state index contributed by atoms with van der Waals surface area (Å²) in [5.41, 5.74) is 0.388. The molecule has 0 spiro atoms. The van der Waals surface area contributed by atoms with Crippen LogP contribution in [-0.4, -0.2) is 35.1 Å². The number of nitrogens with one attached hydrogen (secondary N) is 1. The van der Waals surface area contributed by atoms with Gasteiger partial charge in [0.15, 0.2) is 0 Å². The average molecular weight is 285 g/mol. The standard InChI is InChI=1S/C13H17ClN2O3/c1-3-7-16(4-2)13(19)15-9-5-6-11(14)10(8-9)12(17)18/h5-6,8H,3-4,7H2,1-2H3,(H,15,19)(H,17,18). The van der Waals surface area contributed by atoms with E-state index in [-0.39, 0.29) is 16.6 Å². The fraction of sp³-hybridized carbons (Fsp3) is 0.385. The molecule has 1 aromatic carbocycles. The Kier molecular flexibility index (Phi) is 5.63. The lowest BCUT2D eigenvalue weighted by Crippen LogP contribution is -2.35. The number of amides is 2. The van der Waals surface area contributed by atoms with Gasteiger partial charge in [-0.2, -0.15) is 0 Å². The number of anilines is 1. The number of carboxylic acid groups (broad SMARTS) is 1. The summed E-state index contributed by atoms with van der Waals surface area (Å²) < 4.78 is 0. The van der Waals surface area contributed by atoms with Gasteiger partial charge in [-0.25, -0.2) is 9.59 Å². The zero-order valence-electron chi connectivity index (χ0n) is 10.9. The van der Waals surface area contributed by atoms with Crippen molar-refractivity contribution in [1.29, 1.82) is 0 Å². The summed E-state index contributed by atoms with van der Waals surface area (Å²) in [5, 5.41) is 11.8. The highest BCUT2D eigenvalue weighted by Crippen LogP contribution is 2.20. The lowest BCUT2D eigenvalue weighted by atomic mass is 10.2. The third-order valence-electron chi connectivity index (χ3n) is 2.61. The quantitative estimate of drug-likeness (QED) is 0.871. The molecule has 2 amide bonds. The number of carbonyl (C=O) groups excluding carboxylic acids is 1. The summed E-state index contributed by atoms with van der Waals surface area (Å²) in [5.74, 6) is -1.12. The van der Waals surface area contributed by atoms with Gasteiger partial charge in [0.2, 0.25) is 0 Å². The van der Waals surface area contributed by atoms with Crippen LogP contribution in [0.15, 0.2) is 18.2 Å². The Bertz CT molecular complexity index is 477. The number of urea groups is 1. The van der Waals surface area contributed by atoms with E-state index in [1.54, 1.807) is 11.0 Å². The number of nitrogens with zero attached hydrogens (tertiary/aromatic N) is 1. The van der Waals surface area contributed by atoms with E-state index >= 15 is 0 Å². The summed E-state index contributed by atoms with van der Waals surface area (Å²) in [6, 6.07) is 4.13. The molecule has 0 saturated heterocycles. The lowest BCUT2D eigenvalue weighted by molar-refractivity contribution is 0.0697. The molecule has 2 N–H and O–H groups in total. The molecule has 0 aliphatic rings. The number of benzene rings is 1. The molecule has 104 valence electrons. The number of carbonyl (C=O) groups is 2. The van der Waals surface area contributed by atoms with Gasteiger partial charge in [0, 0.05) is 18.8 Å². The highest BCUT2D eigenvalue weighted by Gasteiger charge is 2.13. The van der Waals surface area contributed by atoms with E-state index in [1.165, 1.54) is 12.1 Å². The Morgan fingerprint density at radius 3 is 2.58 bits per heavy atom. The Hall–Kier alpha value is -1.75. The van der Waals surface area contributed by atoms with Crippen LogP contribution in [0.5, 0.6) is 0 Å². The maximum Gasteiger partial charge on any atom is 0.337 e.